The summed E-state index contributed by atoms with van der Waals surface area (Å²) in [6.07, 6.45) is 4.46. The van der Waals surface area contributed by atoms with Crippen molar-refractivity contribution >= 4 is 5.78 Å². The minimum absolute atomic E-state index is 0.00408. The fraction of sp³-hybridized carbons (Fsp3) is 0.679. The van der Waals surface area contributed by atoms with Crippen LogP contribution in [0.3, 0.4) is 0 Å². The summed E-state index contributed by atoms with van der Waals surface area (Å²) in [6, 6.07) is 6.53. The van der Waals surface area contributed by atoms with E-state index in [1.807, 2.05) is 20.8 Å². The Bertz CT molecular complexity index is 1080. The molecule has 6 rings (SSSR count). The first-order valence-corrected chi connectivity index (χ1v) is 12.7. The van der Waals surface area contributed by atoms with E-state index in [2.05, 4.69) is 25.1 Å². The number of aliphatic hydroxyl groups is 3. The number of aryl methyl sites for hydroxylation is 1. The van der Waals surface area contributed by atoms with Crippen molar-refractivity contribution in [1.82, 2.24) is 0 Å². The van der Waals surface area contributed by atoms with E-state index in [4.69, 9.17) is 9.47 Å². The molecule has 0 amide bonds. The van der Waals surface area contributed by atoms with Crippen molar-refractivity contribution in [3.05, 3.63) is 47.0 Å². The fourth-order valence-electron chi connectivity index (χ4n) is 7.80. The maximum Gasteiger partial charge on any atom is 0.186 e. The van der Waals surface area contributed by atoms with Crippen molar-refractivity contribution in [3.8, 4) is 0 Å². The number of ketones is 1. The predicted octanol–water partition coefficient (Wildman–Crippen LogP) is 3.12. The summed E-state index contributed by atoms with van der Waals surface area (Å²) in [7, 11) is 0. The Balaban J connectivity index is 1.29. The van der Waals surface area contributed by atoms with Gasteiger partial charge in [-0.15, -0.1) is 0 Å². The third-order valence-corrected chi connectivity index (χ3v) is 10.6. The van der Waals surface area contributed by atoms with Gasteiger partial charge in [0.15, 0.2) is 12.1 Å². The number of carbonyl (C=O) groups excluding carboxylic acids is 1. The Morgan fingerprint density at radius 2 is 1.94 bits per heavy atom. The molecule has 34 heavy (non-hydrogen) atoms. The minimum atomic E-state index is -1.40. The van der Waals surface area contributed by atoms with Gasteiger partial charge in [0.2, 0.25) is 0 Å². The summed E-state index contributed by atoms with van der Waals surface area (Å²) in [6.45, 7) is 7.95. The maximum atomic E-state index is 13.1. The number of fused-ring (bicyclic) bond motifs is 6. The Morgan fingerprint density at radius 3 is 2.68 bits per heavy atom. The van der Waals surface area contributed by atoms with E-state index in [1.54, 1.807) is 12.2 Å². The molecule has 0 aromatic heterocycles. The molecule has 184 valence electrons. The third-order valence-electron chi connectivity index (χ3n) is 10.6. The minimum Gasteiger partial charge on any atom is -0.390 e. The SMILES string of the molecule is C[C@@H](c1ccc2c(c1)CC[C@H]1[C@H]2C[C@@H](O)[C@@]2(O)CC=CC(=O)[C@]12C)[C@H]1C[C@]2(C)O[C@]2(C)[C@H](O)O1. The first-order valence-electron chi connectivity index (χ1n) is 12.7. The van der Waals surface area contributed by atoms with Crippen LogP contribution in [0.15, 0.2) is 30.4 Å². The average Bonchev–Trinajstić information content (AvgIpc) is 3.38. The molecule has 0 bridgehead atoms. The van der Waals surface area contributed by atoms with Crippen LogP contribution in [0.5, 0.6) is 0 Å². The molecule has 6 heteroatoms. The lowest BCUT2D eigenvalue weighted by molar-refractivity contribution is -0.207. The van der Waals surface area contributed by atoms with Crippen LogP contribution in [0.25, 0.3) is 0 Å². The van der Waals surface area contributed by atoms with Gasteiger partial charge in [0.1, 0.15) is 16.8 Å². The highest BCUT2D eigenvalue weighted by Gasteiger charge is 2.72. The van der Waals surface area contributed by atoms with Gasteiger partial charge in [-0.25, -0.2) is 0 Å². The molecule has 1 saturated carbocycles. The number of hydrogen-bond acceptors (Lipinski definition) is 6. The number of epoxide rings is 1. The van der Waals surface area contributed by atoms with Crippen LogP contribution in [0, 0.1) is 11.3 Å². The van der Waals surface area contributed by atoms with E-state index < -0.39 is 29.0 Å². The first kappa shape index (κ1) is 22.9. The van der Waals surface area contributed by atoms with Crippen LogP contribution in [0.1, 0.15) is 81.9 Å². The van der Waals surface area contributed by atoms with E-state index in [9.17, 15) is 20.1 Å². The highest BCUT2D eigenvalue weighted by atomic mass is 16.7. The van der Waals surface area contributed by atoms with Gasteiger partial charge >= 0.3 is 0 Å². The van der Waals surface area contributed by atoms with Gasteiger partial charge in [-0.05, 0) is 81.1 Å². The summed E-state index contributed by atoms with van der Waals surface area (Å²) < 4.78 is 11.8. The number of carbonyl (C=O) groups is 1. The van der Waals surface area contributed by atoms with Gasteiger partial charge < -0.3 is 24.8 Å². The molecule has 3 N–H and O–H groups in total. The summed E-state index contributed by atoms with van der Waals surface area (Å²) >= 11 is 0. The number of rotatable bonds is 2. The van der Waals surface area contributed by atoms with Gasteiger partial charge in [0.25, 0.3) is 0 Å². The third kappa shape index (κ3) is 2.72. The molecule has 10 atom stereocenters. The van der Waals surface area contributed by atoms with E-state index in [0.29, 0.717) is 12.8 Å². The van der Waals surface area contributed by atoms with Crippen LogP contribution < -0.4 is 0 Å². The lowest BCUT2D eigenvalue weighted by atomic mass is 9.47. The number of allylic oxidation sites excluding steroid dienone is 1. The van der Waals surface area contributed by atoms with Gasteiger partial charge in [0.05, 0.1) is 17.6 Å². The first-order chi connectivity index (χ1) is 15.9. The standard InChI is InChI=1S/C28H36O6/c1-15(21-14-25(2)27(4,34-25)24(31)33-21)16-7-9-18-17(12-16)8-10-20-19(18)13-23(30)28(32)11-5-6-22(29)26(20,28)3/h5-7,9,12,15,19-21,23-24,30-32H,8,10-11,13-14H2,1-4H3/t15-,19-,20-,21+,23+,24+,25-,26-,27+,28-/m0/s1. The van der Waals surface area contributed by atoms with E-state index >= 15 is 0 Å². The van der Waals surface area contributed by atoms with Crippen molar-refractivity contribution in [1.29, 1.82) is 0 Å². The second-order valence-electron chi connectivity index (χ2n) is 12.0. The van der Waals surface area contributed by atoms with Gasteiger partial charge in [-0.2, -0.15) is 0 Å². The molecule has 6 nitrogen and oxygen atoms in total. The quantitative estimate of drug-likeness (QED) is 0.577. The summed E-state index contributed by atoms with van der Waals surface area (Å²) in [5.74, 6) is 0.0546. The lowest BCUT2D eigenvalue weighted by Gasteiger charge is -2.59. The molecular formula is C28H36O6. The van der Waals surface area contributed by atoms with E-state index in [-0.39, 0.29) is 35.2 Å². The molecule has 1 aromatic rings. The molecule has 0 radical (unpaired) electrons. The van der Waals surface area contributed by atoms with Crippen LogP contribution >= 0.6 is 0 Å². The van der Waals surface area contributed by atoms with Crippen molar-refractivity contribution in [2.45, 2.75) is 107 Å². The molecule has 1 aromatic carbocycles. The average molecular weight is 469 g/mol. The Hall–Kier alpha value is -1.57. The number of aliphatic hydroxyl groups excluding tert-OH is 2. The largest absolute Gasteiger partial charge is 0.390 e. The zero-order chi connectivity index (χ0) is 24.3. The zero-order valence-electron chi connectivity index (χ0n) is 20.5. The summed E-state index contributed by atoms with van der Waals surface area (Å²) in [4.78, 5) is 13.1. The topological polar surface area (TPSA) is 99.5 Å². The fourth-order valence-corrected chi connectivity index (χ4v) is 7.80. The van der Waals surface area contributed by atoms with E-state index in [0.717, 1.165) is 24.8 Å². The van der Waals surface area contributed by atoms with Gasteiger partial charge in [-0.3, -0.25) is 4.79 Å². The number of hydrogen-bond donors (Lipinski definition) is 3. The molecule has 3 aliphatic carbocycles. The highest BCUT2D eigenvalue weighted by Crippen LogP contribution is 2.61. The molecule has 5 aliphatic rings. The number of ether oxygens (including phenoxy) is 2. The maximum absolute atomic E-state index is 13.1. The molecular weight excluding hydrogens is 432 g/mol. The van der Waals surface area contributed by atoms with Crippen LogP contribution in [0.2, 0.25) is 0 Å². The number of benzene rings is 1. The highest BCUT2D eigenvalue weighted by molar-refractivity contribution is 5.97. The molecule has 2 aliphatic heterocycles. The van der Waals surface area contributed by atoms with Crippen molar-refractivity contribution in [2.75, 3.05) is 0 Å². The van der Waals surface area contributed by atoms with Crippen LogP contribution in [-0.2, 0) is 20.7 Å². The lowest BCUT2D eigenvalue weighted by Crippen LogP contribution is -2.67. The van der Waals surface area contributed by atoms with Crippen LogP contribution in [0.4, 0.5) is 0 Å². The van der Waals surface area contributed by atoms with Crippen molar-refractivity contribution in [3.63, 3.8) is 0 Å². The normalized spacial score (nSPS) is 50.0. The zero-order valence-corrected chi connectivity index (χ0v) is 20.5. The van der Waals surface area contributed by atoms with Gasteiger partial charge in [-0.1, -0.05) is 31.2 Å². The van der Waals surface area contributed by atoms with Crippen LogP contribution in [-0.4, -0.2) is 56.4 Å². The Labute approximate surface area is 201 Å². The molecule has 2 heterocycles. The smallest absolute Gasteiger partial charge is 0.186 e. The van der Waals surface area contributed by atoms with E-state index in [1.165, 1.54) is 11.1 Å². The molecule has 0 unspecified atom stereocenters. The van der Waals surface area contributed by atoms with Crippen molar-refractivity contribution in [2.24, 2.45) is 11.3 Å². The molecule has 2 saturated heterocycles. The summed E-state index contributed by atoms with van der Waals surface area (Å²) in [5.41, 5.74) is 0.258. The second-order valence-corrected chi connectivity index (χ2v) is 12.0. The molecule has 3 fully saturated rings. The summed E-state index contributed by atoms with van der Waals surface area (Å²) in [5, 5.41) is 33.0. The van der Waals surface area contributed by atoms with Crippen molar-refractivity contribution < 1.29 is 29.6 Å². The van der Waals surface area contributed by atoms with Gasteiger partial charge in [0, 0.05) is 12.3 Å². The monoisotopic (exact) mass is 468 g/mol. The Kier molecular flexibility index (Phi) is 4.72. The second kappa shape index (κ2) is 7.01. The Morgan fingerprint density at radius 1 is 1.18 bits per heavy atom. The molecule has 0 spiro atoms. The predicted molar refractivity (Wildman–Crippen MR) is 125 cm³/mol.